The van der Waals surface area contributed by atoms with E-state index in [-0.39, 0.29) is 5.75 Å². The lowest BCUT2D eigenvalue weighted by Crippen LogP contribution is -2.13. The first-order valence-corrected chi connectivity index (χ1v) is 6.33. The van der Waals surface area contributed by atoms with Gasteiger partial charge in [-0.25, -0.2) is 4.39 Å². The summed E-state index contributed by atoms with van der Waals surface area (Å²) in [5.74, 6) is -0.795. The van der Waals surface area contributed by atoms with Crippen molar-refractivity contribution in [1.82, 2.24) is 0 Å². The number of hydrogen-bond donors (Lipinski definition) is 2. The second-order valence-electron chi connectivity index (χ2n) is 4.03. The van der Waals surface area contributed by atoms with Crippen LogP contribution in [0.1, 0.15) is 15.9 Å². The van der Waals surface area contributed by atoms with Crippen LogP contribution in [0.25, 0.3) is 0 Å². The SMILES string of the molecule is Cc1c(O)cccc1C(=O)Nc1cc(F)ccc1Br. The molecule has 0 saturated carbocycles. The van der Waals surface area contributed by atoms with Crippen LogP contribution < -0.4 is 5.32 Å². The Hall–Kier alpha value is -1.88. The van der Waals surface area contributed by atoms with Crippen LogP contribution in [0, 0.1) is 12.7 Å². The highest BCUT2D eigenvalue weighted by atomic mass is 79.9. The van der Waals surface area contributed by atoms with Crippen LogP contribution in [0.4, 0.5) is 10.1 Å². The molecule has 0 saturated heterocycles. The van der Waals surface area contributed by atoms with Crippen molar-refractivity contribution >= 4 is 27.5 Å². The molecule has 1 amide bonds. The van der Waals surface area contributed by atoms with E-state index in [1.165, 1.54) is 24.3 Å². The second-order valence-corrected chi connectivity index (χ2v) is 4.88. The Labute approximate surface area is 118 Å². The van der Waals surface area contributed by atoms with Gasteiger partial charge >= 0.3 is 0 Å². The van der Waals surface area contributed by atoms with Crippen molar-refractivity contribution in [2.75, 3.05) is 5.32 Å². The van der Waals surface area contributed by atoms with Gasteiger partial charge in [0.05, 0.1) is 5.69 Å². The fraction of sp³-hybridized carbons (Fsp3) is 0.0714. The maximum Gasteiger partial charge on any atom is 0.256 e. The van der Waals surface area contributed by atoms with Crippen molar-refractivity contribution in [1.29, 1.82) is 0 Å². The van der Waals surface area contributed by atoms with E-state index in [1.54, 1.807) is 19.1 Å². The van der Waals surface area contributed by atoms with E-state index in [1.807, 2.05) is 0 Å². The molecule has 19 heavy (non-hydrogen) atoms. The predicted molar refractivity (Wildman–Crippen MR) is 74.9 cm³/mol. The summed E-state index contributed by atoms with van der Waals surface area (Å²) in [5.41, 5.74) is 1.16. The molecular formula is C14H11BrFNO2. The van der Waals surface area contributed by atoms with Gasteiger partial charge in [0.15, 0.2) is 0 Å². The number of rotatable bonds is 2. The molecule has 3 nitrogen and oxygen atoms in total. The molecular weight excluding hydrogens is 313 g/mol. The maximum atomic E-state index is 13.1. The topological polar surface area (TPSA) is 49.3 Å². The first kappa shape index (κ1) is 13.5. The van der Waals surface area contributed by atoms with Crippen LogP contribution in [0.3, 0.4) is 0 Å². The first-order chi connectivity index (χ1) is 8.99. The number of nitrogens with one attached hydrogen (secondary N) is 1. The summed E-state index contributed by atoms with van der Waals surface area (Å²) >= 11 is 3.23. The van der Waals surface area contributed by atoms with Crippen LogP contribution in [-0.2, 0) is 0 Å². The van der Waals surface area contributed by atoms with Gasteiger partial charge in [-0.15, -0.1) is 0 Å². The third-order valence-electron chi connectivity index (χ3n) is 2.73. The van der Waals surface area contributed by atoms with Gasteiger partial charge < -0.3 is 10.4 Å². The number of amides is 1. The van der Waals surface area contributed by atoms with Crippen molar-refractivity contribution in [2.24, 2.45) is 0 Å². The summed E-state index contributed by atoms with van der Waals surface area (Å²) in [6, 6.07) is 8.71. The van der Waals surface area contributed by atoms with E-state index < -0.39 is 11.7 Å². The fourth-order valence-corrected chi connectivity index (χ4v) is 2.00. The Morgan fingerprint density at radius 1 is 1.32 bits per heavy atom. The molecule has 2 N–H and O–H groups in total. The van der Waals surface area contributed by atoms with E-state index >= 15 is 0 Å². The highest BCUT2D eigenvalue weighted by Gasteiger charge is 2.13. The lowest BCUT2D eigenvalue weighted by molar-refractivity contribution is 0.102. The summed E-state index contributed by atoms with van der Waals surface area (Å²) in [6.45, 7) is 1.64. The van der Waals surface area contributed by atoms with Gasteiger partial charge in [-0.1, -0.05) is 6.07 Å². The number of carbonyl (C=O) groups is 1. The number of benzene rings is 2. The van der Waals surface area contributed by atoms with Gasteiger partial charge in [0, 0.05) is 15.6 Å². The van der Waals surface area contributed by atoms with Crippen LogP contribution in [0.5, 0.6) is 5.75 Å². The van der Waals surface area contributed by atoms with Crippen molar-refractivity contribution in [2.45, 2.75) is 6.92 Å². The zero-order valence-corrected chi connectivity index (χ0v) is 11.7. The number of anilines is 1. The Bertz CT molecular complexity index is 643. The second kappa shape index (κ2) is 5.40. The van der Waals surface area contributed by atoms with Gasteiger partial charge in [0.25, 0.3) is 5.91 Å². The molecule has 0 aliphatic heterocycles. The summed E-state index contributed by atoms with van der Waals surface area (Å²) < 4.78 is 13.7. The predicted octanol–water partition coefficient (Wildman–Crippen LogP) is 3.85. The largest absolute Gasteiger partial charge is 0.508 e. The van der Waals surface area contributed by atoms with Gasteiger partial charge in [0.1, 0.15) is 11.6 Å². The van der Waals surface area contributed by atoms with E-state index in [9.17, 15) is 14.3 Å². The molecule has 2 aromatic carbocycles. The molecule has 0 bridgehead atoms. The van der Waals surface area contributed by atoms with Crippen LogP contribution >= 0.6 is 15.9 Å². The zero-order valence-electron chi connectivity index (χ0n) is 10.1. The number of carbonyl (C=O) groups excluding carboxylic acids is 1. The number of phenols is 1. The van der Waals surface area contributed by atoms with Gasteiger partial charge in [0.2, 0.25) is 0 Å². The molecule has 0 radical (unpaired) electrons. The van der Waals surface area contributed by atoms with Crippen LogP contribution in [0.15, 0.2) is 40.9 Å². The molecule has 0 aliphatic carbocycles. The number of aromatic hydroxyl groups is 1. The molecule has 0 atom stereocenters. The highest BCUT2D eigenvalue weighted by Crippen LogP contribution is 2.25. The van der Waals surface area contributed by atoms with Gasteiger partial charge in [-0.2, -0.15) is 0 Å². The minimum Gasteiger partial charge on any atom is -0.508 e. The first-order valence-electron chi connectivity index (χ1n) is 5.54. The molecule has 98 valence electrons. The molecule has 0 heterocycles. The van der Waals surface area contributed by atoms with Crippen LogP contribution in [0.2, 0.25) is 0 Å². The maximum absolute atomic E-state index is 13.1. The highest BCUT2D eigenvalue weighted by molar-refractivity contribution is 9.10. The fourth-order valence-electron chi connectivity index (χ4n) is 1.65. The van der Waals surface area contributed by atoms with Crippen molar-refractivity contribution in [3.8, 4) is 5.75 Å². The average molecular weight is 324 g/mol. The monoisotopic (exact) mass is 323 g/mol. The van der Waals surface area contributed by atoms with Crippen molar-refractivity contribution in [3.63, 3.8) is 0 Å². The summed E-state index contributed by atoms with van der Waals surface area (Å²) in [4.78, 5) is 12.1. The summed E-state index contributed by atoms with van der Waals surface area (Å²) in [6.07, 6.45) is 0. The van der Waals surface area contributed by atoms with E-state index in [0.717, 1.165) is 0 Å². The lowest BCUT2D eigenvalue weighted by Gasteiger charge is -2.10. The van der Waals surface area contributed by atoms with Crippen molar-refractivity contribution < 1.29 is 14.3 Å². The molecule has 0 spiro atoms. The Morgan fingerprint density at radius 3 is 2.79 bits per heavy atom. The third kappa shape index (κ3) is 2.93. The van der Waals surface area contributed by atoms with Gasteiger partial charge in [-0.3, -0.25) is 4.79 Å². The Morgan fingerprint density at radius 2 is 2.05 bits per heavy atom. The minimum absolute atomic E-state index is 0.0472. The third-order valence-corrected chi connectivity index (χ3v) is 3.42. The van der Waals surface area contributed by atoms with E-state index in [0.29, 0.717) is 21.3 Å². The number of phenolic OH excluding ortho intramolecular Hbond substituents is 1. The smallest absolute Gasteiger partial charge is 0.256 e. The molecule has 5 heteroatoms. The quantitative estimate of drug-likeness (QED) is 0.881. The van der Waals surface area contributed by atoms with Crippen LogP contribution in [-0.4, -0.2) is 11.0 Å². The standard InChI is InChI=1S/C14H11BrFNO2/c1-8-10(3-2-4-13(8)18)14(19)17-12-7-9(16)5-6-11(12)15/h2-7,18H,1H3,(H,17,19). The minimum atomic E-state index is -0.439. The molecule has 0 aromatic heterocycles. The summed E-state index contributed by atoms with van der Waals surface area (Å²) in [7, 11) is 0. The Kier molecular flexibility index (Phi) is 3.85. The number of halogens is 2. The normalized spacial score (nSPS) is 10.3. The van der Waals surface area contributed by atoms with E-state index in [4.69, 9.17) is 0 Å². The lowest BCUT2D eigenvalue weighted by atomic mass is 10.1. The molecule has 2 rings (SSSR count). The Balaban J connectivity index is 2.31. The average Bonchev–Trinajstić information content (AvgIpc) is 2.37. The molecule has 0 aliphatic rings. The molecule has 0 unspecified atom stereocenters. The zero-order chi connectivity index (χ0) is 14.0. The summed E-state index contributed by atoms with van der Waals surface area (Å²) in [5, 5.41) is 12.2. The molecule has 2 aromatic rings. The number of hydrogen-bond acceptors (Lipinski definition) is 2. The van der Waals surface area contributed by atoms with Crippen molar-refractivity contribution in [3.05, 3.63) is 57.8 Å². The molecule has 0 fully saturated rings. The van der Waals surface area contributed by atoms with E-state index in [2.05, 4.69) is 21.2 Å². The van der Waals surface area contributed by atoms with Gasteiger partial charge in [-0.05, 0) is 53.2 Å².